The molecule has 3 rings (SSSR count). The molecule has 1 saturated carbocycles. The van der Waals surface area contributed by atoms with Crippen molar-refractivity contribution in [3.63, 3.8) is 0 Å². The summed E-state index contributed by atoms with van der Waals surface area (Å²) in [6.07, 6.45) is 1.20. The molecule has 1 aliphatic carbocycles. The van der Waals surface area contributed by atoms with E-state index in [0.29, 0.717) is 11.3 Å². The van der Waals surface area contributed by atoms with Crippen LogP contribution in [0.1, 0.15) is 43.8 Å². The lowest BCUT2D eigenvalue weighted by atomic mass is 10.1. The van der Waals surface area contributed by atoms with Crippen LogP contribution in [0.25, 0.3) is 10.2 Å². The third kappa shape index (κ3) is 1.88. The number of fused-ring (bicyclic) bond motifs is 1. The molecule has 1 aliphatic rings. The first-order chi connectivity index (χ1) is 8.51. The molecule has 0 saturated heterocycles. The number of hydrogen-bond acceptors (Lipinski definition) is 4. The average molecular weight is 261 g/mol. The fourth-order valence-corrected chi connectivity index (χ4v) is 3.31. The first-order valence-electron chi connectivity index (χ1n) is 6.53. The van der Waals surface area contributed by atoms with E-state index in [4.69, 9.17) is 9.97 Å². The van der Waals surface area contributed by atoms with Gasteiger partial charge in [0.15, 0.2) is 0 Å². The van der Waals surface area contributed by atoms with Crippen LogP contribution in [0.5, 0.6) is 0 Å². The van der Waals surface area contributed by atoms with E-state index in [0.717, 1.165) is 23.0 Å². The van der Waals surface area contributed by atoms with Crippen molar-refractivity contribution in [2.24, 2.45) is 5.41 Å². The zero-order chi connectivity index (χ0) is 12.9. The van der Waals surface area contributed by atoms with Gasteiger partial charge in [0.25, 0.3) is 0 Å². The Labute approximate surface area is 112 Å². The summed E-state index contributed by atoms with van der Waals surface area (Å²) in [7, 11) is 0. The van der Waals surface area contributed by atoms with Gasteiger partial charge in [0.1, 0.15) is 16.5 Å². The minimum absolute atomic E-state index is 0.378. The van der Waals surface area contributed by atoms with Crippen molar-refractivity contribution in [2.45, 2.75) is 40.0 Å². The number of nitrogens with zero attached hydrogens (tertiary/aromatic N) is 2. The zero-order valence-electron chi connectivity index (χ0n) is 11.4. The van der Waals surface area contributed by atoms with E-state index < -0.39 is 0 Å². The number of rotatable bonds is 3. The van der Waals surface area contributed by atoms with Crippen LogP contribution in [0, 0.1) is 12.3 Å². The Morgan fingerprint density at radius 3 is 2.78 bits per heavy atom. The minimum Gasteiger partial charge on any atom is -0.370 e. The molecule has 4 heteroatoms. The highest BCUT2D eigenvalue weighted by Gasteiger charge is 2.48. The molecule has 0 spiro atoms. The largest absolute Gasteiger partial charge is 0.370 e. The van der Waals surface area contributed by atoms with Crippen LogP contribution in [0.2, 0.25) is 0 Å². The van der Waals surface area contributed by atoms with E-state index in [1.807, 2.05) is 0 Å². The zero-order valence-corrected chi connectivity index (χ0v) is 12.2. The van der Waals surface area contributed by atoms with Gasteiger partial charge >= 0.3 is 0 Å². The maximum atomic E-state index is 4.76. The van der Waals surface area contributed by atoms with Crippen molar-refractivity contribution >= 4 is 27.4 Å². The summed E-state index contributed by atoms with van der Waals surface area (Å²) in [6.45, 7) is 9.71. The van der Waals surface area contributed by atoms with Gasteiger partial charge in [-0.05, 0) is 31.7 Å². The summed E-state index contributed by atoms with van der Waals surface area (Å²) in [5, 5.41) is 4.54. The highest BCUT2D eigenvalue weighted by Crippen LogP contribution is 2.57. The van der Waals surface area contributed by atoms with Crippen molar-refractivity contribution in [3.8, 4) is 0 Å². The third-order valence-electron chi connectivity index (χ3n) is 3.70. The molecular formula is C14H19N3S. The van der Waals surface area contributed by atoms with Crippen LogP contribution in [-0.2, 0) is 0 Å². The number of hydrogen-bond donors (Lipinski definition) is 1. The lowest BCUT2D eigenvalue weighted by Crippen LogP contribution is -2.04. The number of anilines is 1. The molecule has 0 aliphatic heterocycles. The lowest BCUT2D eigenvalue weighted by molar-refractivity contribution is 0.610. The molecule has 0 amide bonds. The molecule has 18 heavy (non-hydrogen) atoms. The SMILES string of the molecule is CCNc1nc(C2CC2(C)C)nc2sc(C)cc12. The Morgan fingerprint density at radius 1 is 1.44 bits per heavy atom. The molecule has 0 bridgehead atoms. The van der Waals surface area contributed by atoms with Gasteiger partial charge in [-0.15, -0.1) is 11.3 Å². The summed E-state index contributed by atoms with van der Waals surface area (Å²) in [5.41, 5.74) is 0.378. The van der Waals surface area contributed by atoms with Gasteiger partial charge in [-0.1, -0.05) is 13.8 Å². The third-order valence-corrected chi connectivity index (χ3v) is 4.65. The number of nitrogens with one attached hydrogen (secondary N) is 1. The highest BCUT2D eigenvalue weighted by molar-refractivity contribution is 7.18. The molecule has 1 unspecified atom stereocenters. The minimum atomic E-state index is 0.378. The van der Waals surface area contributed by atoms with Crippen LogP contribution in [-0.4, -0.2) is 16.5 Å². The molecule has 2 heterocycles. The quantitative estimate of drug-likeness (QED) is 0.909. The van der Waals surface area contributed by atoms with Crippen molar-refractivity contribution < 1.29 is 0 Å². The summed E-state index contributed by atoms with van der Waals surface area (Å²) >= 11 is 1.76. The summed E-state index contributed by atoms with van der Waals surface area (Å²) in [6, 6.07) is 2.18. The summed E-state index contributed by atoms with van der Waals surface area (Å²) in [4.78, 5) is 11.9. The highest BCUT2D eigenvalue weighted by atomic mass is 32.1. The predicted octanol–water partition coefficient (Wildman–Crippen LogP) is 3.95. The summed E-state index contributed by atoms with van der Waals surface area (Å²) in [5.74, 6) is 2.55. The van der Waals surface area contributed by atoms with Crippen LogP contribution in [0.15, 0.2) is 6.07 Å². The van der Waals surface area contributed by atoms with E-state index in [1.54, 1.807) is 11.3 Å². The van der Waals surface area contributed by atoms with Gasteiger partial charge in [-0.25, -0.2) is 9.97 Å². The first kappa shape index (κ1) is 11.9. The average Bonchev–Trinajstić information content (AvgIpc) is 2.76. The Hall–Kier alpha value is -1.16. The maximum Gasteiger partial charge on any atom is 0.138 e. The molecule has 3 nitrogen and oxygen atoms in total. The molecular weight excluding hydrogens is 242 g/mol. The smallest absolute Gasteiger partial charge is 0.138 e. The van der Waals surface area contributed by atoms with Gasteiger partial charge in [-0.2, -0.15) is 0 Å². The molecule has 0 radical (unpaired) electrons. The van der Waals surface area contributed by atoms with Crippen LogP contribution < -0.4 is 5.32 Å². The molecule has 0 aromatic carbocycles. The Balaban J connectivity index is 2.11. The topological polar surface area (TPSA) is 37.8 Å². The number of aryl methyl sites for hydroxylation is 1. The van der Waals surface area contributed by atoms with Crippen molar-refractivity contribution in [1.82, 2.24) is 9.97 Å². The Kier molecular flexibility index (Phi) is 2.59. The van der Waals surface area contributed by atoms with Gasteiger partial charge < -0.3 is 5.32 Å². The van der Waals surface area contributed by atoms with Gasteiger partial charge in [0.05, 0.1) is 5.39 Å². The number of thiophene rings is 1. The van der Waals surface area contributed by atoms with Gasteiger partial charge in [0, 0.05) is 17.3 Å². The van der Waals surface area contributed by atoms with Crippen LogP contribution >= 0.6 is 11.3 Å². The van der Waals surface area contributed by atoms with E-state index in [9.17, 15) is 0 Å². The van der Waals surface area contributed by atoms with E-state index >= 15 is 0 Å². The second-order valence-corrected chi connectivity index (χ2v) is 7.02. The maximum absolute atomic E-state index is 4.76. The van der Waals surface area contributed by atoms with Crippen molar-refractivity contribution in [1.29, 1.82) is 0 Å². The molecule has 96 valence electrons. The van der Waals surface area contributed by atoms with E-state index in [1.165, 1.54) is 16.7 Å². The normalized spacial score (nSPS) is 21.2. The van der Waals surface area contributed by atoms with Crippen LogP contribution in [0.3, 0.4) is 0 Å². The van der Waals surface area contributed by atoms with Crippen LogP contribution in [0.4, 0.5) is 5.82 Å². The van der Waals surface area contributed by atoms with Gasteiger partial charge in [0.2, 0.25) is 0 Å². The Morgan fingerprint density at radius 2 is 2.17 bits per heavy atom. The monoisotopic (exact) mass is 261 g/mol. The summed E-state index contributed by atoms with van der Waals surface area (Å²) < 4.78 is 0. The van der Waals surface area contributed by atoms with E-state index in [2.05, 4.69) is 39.1 Å². The Bertz CT molecular complexity index is 600. The molecule has 1 atom stereocenters. The first-order valence-corrected chi connectivity index (χ1v) is 7.35. The number of aromatic nitrogens is 2. The van der Waals surface area contributed by atoms with Gasteiger partial charge in [-0.3, -0.25) is 0 Å². The standard InChI is InChI=1S/C14H19N3S/c1-5-15-11-9-6-8(2)18-13(9)17-12(16-11)10-7-14(10,3)4/h6,10H,5,7H2,1-4H3,(H,15,16,17). The fraction of sp³-hybridized carbons (Fsp3) is 0.571. The van der Waals surface area contributed by atoms with Crippen molar-refractivity contribution in [2.75, 3.05) is 11.9 Å². The molecule has 1 N–H and O–H groups in total. The second-order valence-electron chi connectivity index (χ2n) is 5.78. The second kappa shape index (κ2) is 3.92. The molecule has 1 fully saturated rings. The molecule has 2 aromatic heterocycles. The van der Waals surface area contributed by atoms with Crippen molar-refractivity contribution in [3.05, 3.63) is 16.8 Å². The lowest BCUT2D eigenvalue weighted by Gasteiger charge is -2.07. The fourth-order valence-electron chi connectivity index (χ4n) is 2.42. The van der Waals surface area contributed by atoms with E-state index in [-0.39, 0.29) is 0 Å². The predicted molar refractivity (Wildman–Crippen MR) is 77.5 cm³/mol. The molecule has 2 aromatic rings.